The van der Waals surface area contributed by atoms with E-state index in [1.54, 1.807) is 28.9 Å². The quantitative estimate of drug-likeness (QED) is 0.416. The molecule has 0 bridgehead atoms. The van der Waals surface area contributed by atoms with Crippen LogP contribution in [0.25, 0.3) is 39.1 Å². The zero-order valence-electron chi connectivity index (χ0n) is 18.8. The summed E-state index contributed by atoms with van der Waals surface area (Å²) in [4.78, 5) is 26.4. The second-order valence-corrected chi connectivity index (χ2v) is 8.59. The first-order valence-electron chi connectivity index (χ1n) is 11.2. The second-order valence-electron chi connectivity index (χ2n) is 8.59. The topological polar surface area (TPSA) is 107 Å². The van der Waals surface area contributed by atoms with E-state index in [1.807, 2.05) is 31.2 Å². The minimum Gasteiger partial charge on any atom is -0.381 e. The summed E-state index contributed by atoms with van der Waals surface area (Å²) in [5.41, 5.74) is 11.6. The SMILES string of the molecule is Cc1ccnc2ccc(-c3c(-c4ccc(F)cc4)nc(N)c4nc(C(=O)NC5COC5)cn34)cc12. The molecule has 2 aromatic carbocycles. The molecule has 1 saturated heterocycles. The molecule has 1 amide bonds. The Hall–Kier alpha value is -4.37. The van der Waals surface area contributed by atoms with Crippen molar-refractivity contribution in [1.29, 1.82) is 0 Å². The molecular weight excluding hydrogens is 447 g/mol. The zero-order valence-corrected chi connectivity index (χ0v) is 18.8. The van der Waals surface area contributed by atoms with Crippen molar-refractivity contribution in [2.24, 2.45) is 0 Å². The van der Waals surface area contributed by atoms with Crippen molar-refractivity contribution in [2.75, 3.05) is 18.9 Å². The van der Waals surface area contributed by atoms with Gasteiger partial charge in [-0.15, -0.1) is 0 Å². The number of hydrogen-bond donors (Lipinski definition) is 2. The lowest BCUT2D eigenvalue weighted by molar-refractivity contribution is -0.00353. The predicted molar refractivity (Wildman–Crippen MR) is 130 cm³/mol. The molecule has 0 atom stereocenters. The van der Waals surface area contributed by atoms with Gasteiger partial charge in [0.15, 0.2) is 11.5 Å². The van der Waals surface area contributed by atoms with Crippen molar-refractivity contribution in [3.05, 3.63) is 78.0 Å². The lowest BCUT2D eigenvalue weighted by Gasteiger charge is -2.26. The Morgan fingerprint density at radius 1 is 1.11 bits per heavy atom. The van der Waals surface area contributed by atoms with E-state index in [-0.39, 0.29) is 29.3 Å². The Kier molecular flexibility index (Phi) is 4.93. The van der Waals surface area contributed by atoms with Crippen molar-refractivity contribution < 1.29 is 13.9 Å². The number of rotatable bonds is 4. The number of anilines is 1. The summed E-state index contributed by atoms with van der Waals surface area (Å²) in [5.74, 6) is -0.495. The van der Waals surface area contributed by atoms with Gasteiger partial charge in [0.2, 0.25) is 0 Å². The van der Waals surface area contributed by atoms with Crippen LogP contribution in [0, 0.1) is 12.7 Å². The third-order valence-corrected chi connectivity index (χ3v) is 6.19. The van der Waals surface area contributed by atoms with Crippen LogP contribution in [0.3, 0.4) is 0 Å². The maximum absolute atomic E-state index is 13.7. The average molecular weight is 468 g/mol. The normalized spacial score (nSPS) is 13.8. The van der Waals surface area contributed by atoms with Crippen LogP contribution >= 0.6 is 0 Å². The highest BCUT2D eigenvalue weighted by molar-refractivity contribution is 5.95. The summed E-state index contributed by atoms with van der Waals surface area (Å²) in [5, 5.41) is 3.89. The predicted octanol–water partition coefficient (Wildman–Crippen LogP) is 3.77. The minimum absolute atomic E-state index is 0.0343. The number of aryl methyl sites for hydroxylation is 1. The molecule has 174 valence electrons. The van der Waals surface area contributed by atoms with Crippen molar-refractivity contribution in [1.82, 2.24) is 24.7 Å². The fraction of sp³-hybridized carbons (Fsp3) is 0.154. The molecule has 9 heteroatoms. The number of ether oxygens (including phenoxy) is 1. The number of nitrogen functional groups attached to an aromatic ring is 1. The highest BCUT2D eigenvalue weighted by atomic mass is 19.1. The van der Waals surface area contributed by atoms with Gasteiger partial charge in [0.05, 0.1) is 36.2 Å². The number of aromatic nitrogens is 4. The summed E-state index contributed by atoms with van der Waals surface area (Å²) in [7, 11) is 0. The first-order chi connectivity index (χ1) is 17.0. The number of halogens is 1. The van der Waals surface area contributed by atoms with Gasteiger partial charge in [0.25, 0.3) is 5.91 Å². The lowest BCUT2D eigenvalue weighted by atomic mass is 10.0. The smallest absolute Gasteiger partial charge is 0.271 e. The molecule has 5 aromatic rings. The molecule has 0 aliphatic carbocycles. The Bertz CT molecular complexity index is 1610. The summed E-state index contributed by atoms with van der Waals surface area (Å²) < 4.78 is 20.6. The first kappa shape index (κ1) is 21.2. The third-order valence-electron chi connectivity index (χ3n) is 6.19. The van der Waals surface area contributed by atoms with Gasteiger partial charge in [-0.1, -0.05) is 6.07 Å². The number of nitrogens with zero attached hydrogens (tertiary/aromatic N) is 4. The van der Waals surface area contributed by atoms with Crippen LogP contribution in [0.2, 0.25) is 0 Å². The summed E-state index contributed by atoms with van der Waals surface area (Å²) >= 11 is 0. The molecule has 1 aliphatic heterocycles. The standard InChI is InChI=1S/C26H21FN6O2/c1-14-8-9-29-20-7-4-16(10-19(14)20)23-22(15-2-5-17(27)6-3-15)32-24(28)25-31-21(11-33(23)25)26(34)30-18-12-35-13-18/h2-11,18H,12-13H2,1H3,(H2,28,32)(H,30,34). The van der Waals surface area contributed by atoms with Gasteiger partial charge in [0, 0.05) is 28.9 Å². The van der Waals surface area contributed by atoms with Gasteiger partial charge in [-0.25, -0.2) is 14.4 Å². The lowest BCUT2D eigenvalue weighted by Crippen LogP contribution is -2.48. The highest BCUT2D eigenvalue weighted by Crippen LogP contribution is 2.35. The van der Waals surface area contributed by atoms with E-state index in [1.165, 1.54) is 12.1 Å². The van der Waals surface area contributed by atoms with Crippen molar-refractivity contribution in [2.45, 2.75) is 13.0 Å². The van der Waals surface area contributed by atoms with Gasteiger partial charge in [0.1, 0.15) is 11.5 Å². The van der Waals surface area contributed by atoms with E-state index in [0.29, 0.717) is 35.8 Å². The monoisotopic (exact) mass is 468 g/mol. The molecule has 0 radical (unpaired) electrons. The Labute approximate surface area is 199 Å². The van der Waals surface area contributed by atoms with E-state index in [0.717, 1.165) is 22.0 Å². The molecule has 1 aliphatic rings. The minimum atomic E-state index is -0.349. The summed E-state index contributed by atoms with van der Waals surface area (Å²) in [6, 6.07) is 13.9. The van der Waals surface area contributed by atoms with Crippen LogP contribution in [-0.2, 0) is 4.74 Å². The number of carbonyl (C=O) groups is 1. The maximum atomic E-state index is 13.7. The zero-order chi connectivity index (χ0) is 24.1. The molecule has 3 N–H and O–H groups in total. The van der Waals surface area contributed by atoms with E-state index >= 15 is 0 Å². The number of amides is 1. The fourth-order valence-corrected chi connectivity index (χ4v) is 4.27. The van der Waals surface area contributed by atoms with Crippen LogP contribution < -0.4 is 11.1 Å². The Balaban J connectivity index is 1.60. The number of benzene rings is 2. The fourth-order valence-electron chi connectivity index (χ4n) is 4.27. The Morgan fingerprint density at radius 2 is 1.89 bits per heavy atom. The number of imidazole rings is 1. The molecular formula is C26H21FN6O2. The van der Waals surface area contributed by atoms with Crippen molar-refractivity contribution >= 4 is 28.3 Å². The number of nitrogens with two attached hydrogens (primary N) is 1. The molecule has 3 aromatic heterocycles. The second kappa shape index (κ2) is 8.14. The molecule has 35 heavy (non-hydrogen) atoms. The first-order valence-corrected chi connectivity index (χ1v) is 11.2. The Morgan fingerprint density at radius 3 is 2.63 bits per heavy atom. The number of hydrogen-bond acceptors (Lipinski definition) is 6. The van der Waals surface area contributed by atoms with Crippen LogP contribution in [0.5, 0.6) is 0 Å². The molecule has 0 saturated carbocycles. The van der Waals surface area contributed by atoms with Crippen LogP contribution in [0.15, 0.2) is 60.9 Å². The maximum Gasteiger partial charge on any atom is 0.271 e. The number of nitrogens with one attached hydrogen (secondary N) is 1. The average Bonchev–Trinajstić information content (AvgIpc) is 3.28. The summed E-state index contributed by atoms with van der Waals surface area (Å²) in [6.07, 6.45) is 3.43. The van der Waals surface area contributed by atoms with Crippen LogP contribution in [-0.4, -0.2) is 44.5 Å². The van der Waals surface area contributed by atoms with Gasteiger partial charge in [-0.2, -0.15) is 0 Å². The number of carbonyl (C=O) groups excluding carboxylic acids is 1. The van der Waals surface area contributed by atoms with Crippen LogP contribution in [0.1, 0.15) is 16.1 Å². The van der Waals surface area contributed by atoms with Crippen molar-refractivity contribution in [3.8, 4) is 22.5 Å². The van der Waals surface area contributed by atoms with Gasteiger partial charge >= 0.3 is 0 Å². The number of fused-ring (bicyclic) bond motifs is 2. The highest BCUT2D eigenvalue weighted by Gasteiger charge is 2.25. The largest absolute Gasteiger partial charge is 0.381 e. The molecule has 4 heterocycles. The van der Waals surface area contributed by atoms with Crippen LogP contribution in [0.4, 0.5) is 10.2 Å². The molecule has 0 unspecified atom stereocenters. The van der Waals surface area contributed by atoms with E-state index in [2.05, 4.69) is 20.3 Å². The third kappa shape index (κ3) is 3.66. The van der Waals surface area contributed by atoms with Crippen molar-refractivity contribution in [3.63, 3.8) is 0 Å². The number of pyridine rings is 1. The van der Waals surface area contributed by atoms with Gasteiger partial charge < -0.3 is 15.8 Å². The van der Waals surface area contributed by atoms with E-state index < -0.39 is 0 Å². The molecule has 8 nitrogen and oxygen atoms in total. The summed E-state index contributed by atoms with van der Waals surface area (Å²) in [6.45, 7) is 2.98. The van der Waals surface area contributed by atoms with E-state index in [9.17, 15) is 9.18 Å². The molecule has 6 rings (SSSR count). The molecule has 1 fully saturated rings. The van der Waals surface area contributed by atoms with Gasteiger partial charge in [-0.3, -0.25) is 14.2 Å². The van der Waals surface area contributed by atoms with E-state index in [4.69, 9.17) is 10.5 Å². The molecule has 0 spiro atoms. The van der Waals surface area contributed by atoms with Gasteiger partial charge in [-0.05, 0) is 55.0 Å².